The Morgan fingerprint density at radius 1 is 0.828 bits per heavy atom. The molecule has 0 atom stereocenters. The summed E-state index contributed by atoms with van der Waals surface area (Å²) in [5.41, 5.74) is 2.30. The van der Waals surface area contributed by atoms with Gasteiger partial charge < -0.3 is 15.1 Å². The first-order chi connectivity index (χ1) is 14.3. The molecule has 2 saturated heterocycles. The number of likely N-dealkylation sites (tertiary alicyclic amines) is 1. The van der Waals surface area contributed by atoms with Crippen molar-refractivity contribution in [2.75, 3.05) is 24.7 Å². The number of hydrogen-bond acceptors (Lipinski definition) is 3. The van der Waals surface area contributed by atoms with Gasteiger partial charge in [-0.15, -0.1) is 0 Å². The van der Waals surface area contributed by atoms with E-state index in [9.17, 15) is 4.79 Å². The van der Waals surface area contributed by atoms with Crippen LogP contribution in [0.3, 0.4) is 0 Å². The molecule has 2 aliphatic heterocycles. The number of carbonyl (C=O) groups is 1. The van der Waals surface area contributed by atoms with Crippen molar-refractivity contribution in [2.45, 2.75) is 56.0 Å². The van der Waals surface area contributed by atoms with Crippen molar-refractivity contribution in [1.29, 1.82) is 0 Å². The molecule has 1 amide bonds. The minimum Gasteiger partial charge on any atom is -0.339 e. The Balaban J connectivity index is 1.22. The van der Waals surface area contributed by atoms with Crippen LogP contribution >= 0.6 is 0 Å². The topological polar surface area (TPSA) is 35.6 Å². The number of para-hydroxylation sites is 1. The molecular formula is C25H31N3O. The molecule has 1 N–H and O–H groups in total. The second-order valence-corrected chi connectivity index (χ2v) is 8.91. The van der Waals surface area contributed by atoms with Crippen molar-refractivity contribution < 1.29 is 4.79 Å². The van der Waals surface area contributed by atoms with Crippen molar-refractivity contribution in [2.24, 2.45) is 0 Å². The van der Waals surface area contributed by atoms with Gasteiger partial charge >= 0.3 is 0 Å². The average Bonchev–Trinajstić information content (AvgIpc) is 3.11. The quantitative estimate of drug-likeness (QED) is 0.857. The van der Waals surface area contributed by atoms with E-state index in [4.69, 9.17) is 0 Å². The first-order valence-corrected chi connectivity index (χ1v) is 11.2. The Morgan fingerprint density at radius 2 is 1.45 bits per heavy atom. The zero-order valence-electron chi connectivity index (χ0n) is 17.1. The van der Waals surface area contributed by atoms with Gasteiger partial charge in [0.25, 0.3) is 0 Å². The Labute approximate surface area is 173 Å². The van der Waals surface area contributed by atoms with Gasteiger partial charge in [-0.2, -0.15) is 0 Å². The average molecular weight is 390 g/mol. The van der Waals surface area contributed by atoms with E-state index in [1.165, 1.54) is 31.2 Å². The highest BCUT2D eigenvalue weighted by atomic mass is 16.2. The third-order valence-corrected chi connectivity index (χ3v) is 7.51. The largest absolute Gasteiger partial charge is 0.339 e. The van der Waals surface area contributed by atoms with E-state index in [-0.39, 0.29) is 11.4 Å². The minimum absolute atomic E-state index is 0.216. The third-order valence-electron chi connectivity index (χ3n) is 7.51. The summed E-state index contributed by atoms with van der Waals surface area (Å²) in [6.45, 7) is 2.68. The first-order valence-electron chi connectivity index (χ1n) is 11.2. The number of piperidine rings is 1. The van der Waals surface area contributed by atoms with Crippen LogP contribution < -0.4 is 10.2 Å². The smallest absolute Gasteiger partial charge is 0.247 e. The van der Waals surface area contributed by atoms with Gasteiger partial charge in [-0.05, 0) is 62.1 Å². The Morgan fingerprint density at radius 3 is 2.10 bits per heavy atom. The van der Waals surface area contributed by atoms with Crippen LogP contribution in [0, 0.1) is 0 Å². The van der Waals surface area contributed by atoms with Gasteiger partial charge in [0, 0.05) is 24.8 Å². The summed E-state index contributed by atoms with van der Waals surface area (Å²) < 4.78 is 0. The second kappa shape index (κ2) is 7.83. The van der Waals surface area contributed by atoms with Gasteiger partial charge in [-0.25, -0.2) is 0 Å². The standard InChI is InChI=1S/C25H31N3O/c29-24-25(28(19-26-24)23-9-5-2-6-10-23)15-17-27(18-16-25)22-13-11-21(12-14-22)20-7-3-1-4-8-20/h1-10,21-22H,11-19H2,(H,26,29). The van der Waals surface area contributed by atoms with Crippen LogP contribution in [0.5, 0.6) is 0 Å². The van der Waals surface area contributed by atoms with E-state index in [0.717, 1.165) is 37.5 Å². The molecule has 0 aromatic heterocycles. The minimum atomic E-state index is -0.362. The van der Waals surface area contributed by atoms with Gasteiger partial charge in [-0.3, -0.25) is 4.79 Å². The van der Waals surface area contributed by atoms with Gasteiger partial charge in [0.2, 0.25) is 5.91 Å². The summed E-state index contributed by atoms with van der Waals surface area (Å²) >= 11 is 0. The van der Waals surface area contributed by atoms with Gasteiger partial charge in [-0.1, -0.05) is 48.5 Å². The molecule has 0 unspecified atom stereocenters. The highest BCUT2D eigenvalue weighted by molar-refractivity contribution is 5.93. The van der Waals surface area contributed by atoms with Crippen LogP contribution in [-0.4, -0.2) is 42.1 Å². The van der Waals surface area contributed by atoms with Gasteiger partial charge in [0.05, 0.1) is 6.67 Å². The van der Waals surface area contributed by atoms with Gasteiger partial charge in [0.1, 0.15) is 5.54 Å². The third kappa shape index (κ3) is 3.44. The fraction of sp³-hybridized carbons (Fsp3) is 0.480. The number of hydrogen-bond donors (Lipinski definition) is 1. The molecular weight excluding hydrogens is 358 g/mol. The SMILES string of the molecule is O=C1NCN(c2ccccc2)C12CCN(C1CCC(c3ccccc3)CC1)CC2. The number of rotatable bonds is 3. The maximum Gasteiger partial charge on any atom is 0.247 e. The van der Waals surface area contributed by atoms with Crippen molar-refractivity contribution in [3.8, 4) is 0 Å². The molecule has 1 aliphatic carbocycles. The molecule has 3 fully saturated rings. The maximum atomic E-state index is 12.8. The second-order valence-electron chi connectivity index (χ2n) is 8.91. The summed E-state index contributed by atoms with van der Waals surface area (Å²) in [6, 6.07) is 22.1. The summed E-state index contributed by atoms with van der Waals surface area (Å²) in [7, 11) is 0. The number of carbonyl (C=O) groups excluding carboxylic acids is 1. The number of benzene rings is 2. The Hall–Kier alpha value is -2.33. The lowest BCUT2D eigenvalue weighted by molar-refractivity contribution is -0.125. The number of nitrogens with one attached hydrogen (secondary N) is 1. The highest BCUT2D eigenvalue weighted by Gasteiger charge is 2.50. The van der Waals surface area contributed by atoms with Crippen molar-refractivity contribution in [1.82, 2.24) is 10.2 Å². The van der Waals surface area contributed by atoms with E-state index in [2.05, 4.69) is 69.7 Å². The molecule has 152 valence electrons. The molecule has 3 aliphatic rings. The molecule has 4 heteroatoms. The highest BCUT2D eigenvalue weighted by Crippen LogP contribution is 2.39. The predicted molar refractivity (Wildman–Crippen MR) is 117 cm³/mol. The van der Waals surface area contributed by atoms with Crippen LogP contribution in [0.15, 0.2) is 60.7 Å². The van der Waals surface area contributed by atoms with Crippen molar-refractivity contribution >= 4 is 11.6 Å². The van der Waals surface area contributed by atoms with Crippen LogP contribution in [0.1, 0.15) is 50.0 Å². The maximum absolute atomic E-state index is 12.8. The zero-order chi connectivity index (χ0) is 19.7. The summed E-state index contributed by atoms with van der Waals surface area (Å²) in [6.07, 6.45) is 6.97. The molecule has 2 heterocycles. The lowest BCUT2D eigenvalue weighted by atomic mass is 9.79. The lowest BCUT2D eigenvalue weighted by Crippen LogP contribution is -2.58. The van der Waals surface area contributed by atoms with Crippen LogP contribution in [-0.2, 0) is 4.79 Å². The molecule has 2 aromatic carbocycles. The van der Waals surface area contributed by atoms with E-state index in [0.29, 0.717) is 12.7 Å². The molecule has 29 heavy (non-hydrogen) atoms. The normalized spacial score (nSPS) is 27.2. The van der Waals surface area contributed by atoms with E-state index in [1.54, 1.807) is 0 Å². The van der Waals surface area contributed by atoms with Crippen LogP contribution in [0.2, 0.25) is 0 Å². The predicted octanol–water partition coefficient (Wildman–Crippen LogP) is 4.14. The molecule has 0 radical (unpaired) electrons. The Kier molecular flexibility index (Phi) is 5.04. The first kappa shape index (κ1) is 18.7. The molecule has 1 spiro atoms. The van der Waals surface area contributed by atoms with E-state index >= 15 is 0 Å². The molecule has 0 bridgehead atoms. The van der Waals surface area contributed by atoms with Crippen molar-refractivity contribution in [3.05, 3.63) is 66.2 Å². The monoisotopic (exact) mass is 389 g/mol. The lowest BCUT2D eigenvalue weighted by Gasteiger charge is -2.46. The van der Waals surface area contributed by atoms with E-state index in [1.807, 2.05) is 6.07 Å². The number of nitrogens with zero attached hydrogens (tertiary/aromatic N) is 2. The summed E-state index contributed by atoms with van der Waals surface area (Å²) in [5, 5.41) is 3.12. The molecule has 5 rings (SSSR count). The summed E-state index contributed by atoms with van der Waals surface area (Å²) in [5.74, 6) is 0.937. The van der Waals surface area contributed by atoms with E-state index < -0.39 is 0 Å². The van der Waals surface area contributed by atoms with Crippen LogP contribution in [0.25, 0.3) is 0 Å². The Bertz CT molecular complexity index is 822. The summed E-state index contributed by atoms with van der Waals surface area (Å²) in [4.78, 5) is 17.8. The molecule has 4 nitrogen and oxygen atoms in total. The van der Waals surface area contributed by atoms with Crippen molar-refractivity contribution in [3.63, 3.8) is 0 Å². The zero-order valence-corrected chi connectivity index (χ0v) is 17.1. The van der Waals surface area contributed by atoms with Crippen LogP contribution in [0.4, 0.5) is 5.69 Å². The number of anilines is 1. The fourth-order valence-corrected chi connectivity index (χ4v) is 5.79. The van der Waals surface area contributed by atoms with Gasteiger partial charge in [0.15, 0.2) is 0 Å². The number of amides is 1. The fourth-order valence-electron chi connectivity index (χ4n) is 5.79. The molecule has 1 saturated carbocycles. The molecule has 2 aromatic rings.